The van der Waals surface area contributed by atoms with Crippen LogP contribution in [0.25, 0.3) is 0 Å². The Morgan fingerprint density at radius 3 is 1.97 bits per heavy atom. The molecule has 1 atom stereocenters. The normalized spacial score (nSPS) is 11.4. The molecule has 0 aliphatic carbocycles. The summed E-state index contributed by atoms with van der Waals surface area (Å²) in [4.78, 5) is 37.0. The smallest absolute Gasteiger partial charge is 0.345 e. The monoisotopic (exact) mass is 402 g/mol. The van der Waals surface area contributed by atoms with E-state index in [1.807, 2.05) is 12.1 Å². The molecule has 0 aliphatic heterocycles. The van der Waals surface area contributed by atoms with Gasteiger partial charge in [-0.1, -0.05) is 67.6 Å². The second kappa shape index (κ2) is 10.2. The quantitative estimate of drug-likeness (QED) is 0.379. The van der Waals surface area contributed by atoms with Crippen LogP contribution in [0.2, 0.25) is 0 Å². The molecule has 0 spiro atoms. The van der Waals surface area contributed by atoms with Crippen molar-refractivity contribution in [3.8, 4) is 5.75 Å². The van der Waals surface area contributed by atoms with Gasteiger partial charge in [0.05, 0.1) is 0 Å². The highest BCUT2D eigenvalue weighted by Gasteiger charge is 2.26. The first kappa shape index (κ1) is 21.0. The molecule has 3 aromatic rings. The number of esters is 1. The molecule has 152 valence electrons. The summed E-state index contributed by atoms with van der Waals surface area (Å²) < 4.78 is 10.9. The Hall–Kier alpha value is -3.73. The number of carbonyl (C=O) groups excluding carboxylic acids is 3. The molecule has 0 bridgehead atoms. The van der Waals surface area contributed by atoms with Gasteiger partial charge in [0.15, 0.2) is 18.5 Å². The van der Waals surface area contributed by atoms with Gasteiger partial charge in [-0.2, -0.15) is 0 Å². The van der Waals surface area contributed by atoms with Crippen molar-refractivity contribution in [1.29, 1.82) is 0 Å². The minimum Gasteiger partial charge on any atom is -0.482 e. The van der Waals surface area contributed by atoms with Crippen molar-refractivity contribution in [3.63, 3.8) is 0 Å². The van der Waals surface area contributed by atoms with Crippen molar-refractivity contribution in [3.05, 3.63) is 102 Å². The average Bonchev–Trinajstić information content (AvgIpc) is 2.81. The molecule has 0 amide bonds. The number of benzene rings is 3. The van der Waals surface area contributed by atoms with E-state index in [9.17, 15) is 14.4 Å². The fourth-order valence-electron chi connectivity index (χ4n) is 2.90. The molecule has 30 heavy (non-hydrogen) atoms. The predicted molar refractivity (Wildman–Crippen MR) is 113 cm³/mol. The number of ketones is 2. The lowest BCUT2D eigenvalue weighted by Crippen LogP contribution is -2.23. The molecule has 0 aliphatic rings. The van der Waals surface area contributed by atoms with Crippen LogP contribution < -0.4 is 4.74 Å². The summed E-state index contributed by atoms with van der Waals surface area (Å²) in [6, 6.07) is 24.1. The second-order valence-corrected chi connectivity index (χ2v) is 6.60. The average molecular weight is 402 g/mol. The van der Waals surface area contributed by atoms with Crippen molar-refractivity contribution in [2.75, 3.05) is 6.61 Å². The lowest BCUT2D eigenvalue weighted by atomic mass is 10.00. The Morgan fingerprint density at radius 1 is 0.767 bits per heavy atom. The highest BCUT2D eigenvalue weighted by atomic mass is 16.6. The van der Waals surface area contributed by atoms with Gasteiger partial charge in [-0.05, 0) is 24.3 Å². The molecular formula is C25H22O5. The van der Waals surface area contributed by atoms with E-state index in [4.69, 9.17) is 9.47 Å². The van der Waals surface area contributed by atoms with Gasteiger partial charge >= 0.3 is 5.97 Å². The van der Waals surface area contributed by atoms with Crippen molar-refractivity contribution < 1.29 is 23.9 Å². The van der Waals surface area contributed by atoms with E-state index in [2.05, 4.69) is 0 Å². The van der Waals surface area contributed by atoms with E-state index in [1.165, 1.54) is 0 Å². The number of hydrogen-bond donors (Lipinski definition) is 0. The van der Waals surface area contributed by atoms with Gasteiger partial charge < -0.3 is 9.47 Å². The standard InChI is InChI=1S/C25H22O5/c1-2-22(26)18-13-15-21(16-14-18)29-17-23(27)30-25(20-11-7-4-8-12-20)24(28)19-9-5-3-6-10-19/h3-16,25H,2,17H2,1H3. The van der Waals surface area contributed by atoms with Gasteiger partial charge in [-0.25, -0.2) is 4.79 Å². The van der Waals surface area contributed by atoms with Crippen LogP contribution in [0.5, 0.6) is 5.75 Å². The summed E-state index contributed by atoms with van der Waals surface area (Å²) in [5, 5.41) is 0. The number of carbonyl (C=O) groups is 3. The molecule has 5 nitrogen and oxygen atoms in total. The third-order valence-corrected chi connectivity index (χ3v) is 4.50. The van der Waals surface area contributed by atoms with Gasteiger partial charge in [-0.15, -0.1) is 0 Å². The molecule has 3 aromatic carbocycles. The van der Waals surface area contributed by atoms with E-state index in [1.54, 1.807) is 79.7 Å². The van der Waals surface area contributed by atoms with Crippen LogP contribution in [-0.4, -0.2) is 24.1 Å². The highest BCUT2D eigenvalue weighted by molar-refractivity contribution is 6.01. The first-order valence-corrected chi connectivity index (χ1v) is 9.68. The van der Waals surface area contributed by atoms with Crippen molar-refractivity contribution in [2.24, 2.45) is 0 Å². The van der Waals surface area contributed by atoms with Crippen LogP contribution in [0.4, 0.5) is 0 Å². The van der Waals surface area contributed by atoms with Gasteiger partial charge in [-0.3, -0.25) is 9.59 Å². The minimum atomic E-state index is -1.06. The molecular weight excluding hydrogens is 380 g/mol. The van der Waals surface area contributed by atoms with E-state index in [0.29, 0.717) is 28.9 Å². The molecule has 0 heterocycles. The zero-order valence-electron chi connectivity index (χ0n) is 16.6. The molecule has 0 saturated heterocycles. The van der Waals surface area contributed by atoms with Gasteiger partial charge in [0, 0.05) is 23.1 Å². The highest BCUT2D eigenvalue weighted by Crippen LogP contribution is 2.23. The first-order valence-electron chi connectivity index (χ1n) is 9.68. The van der Waals surface area contributed by atoms with Crippen LogP contribution in [0.15, 0.2) is 84.9 Å². The molecule has 5 heteroatoms. The van der Waals surface area contributed by atoms with E-state index >= 15 is 0 Å². The Bertz CT molecular complexity index is 995. The Kier molecular flexibility index (Phi) is 7.11. The molecule has 0 fully saturated rings. The maximum absolute atomic E-state index is 12.9. The summed E-state index contributed by atoms with van der Waals surface area (Å²) >= 11 is 0. The topological polar surface area (TPSA) is 69.7 Å². The summed E-state index contributed by atoms with van der Waals surface area (Å²) in [7, 11) is 0. The molecule has 0 radical (unpaired) electrons. The minimum absolute atomic E-state index is 0.0334. The SMILES string of the molecule is CCC(=O)c1ccc(OCC(=O)OC(C(=O)c2ccccc2)c2ccccc2)cc1. The third-order valence-electron chi connectivity index (χ3n) is 4.50. The first-order chi connectivity index (χ1) is 14.6. The molecule has 1 unspecified atom stereocenters. The Balaban J connectivity index is 1.68. The summed E-state index contributed by atoms with van der Waals surface area (Å²) in [5.41, 5.74) is 1.63. The zero-order valence-corrected chi connectivity index (χ0v) is 16.6. The van der Waals surface area contributed by atoms with Gasteiger partial charge in [0.2, 0.25) is 5.78 Å². The largest absolute Gasteiger partial charge is 0.482 e. The summed E-state index contributed by atoms with van der Waals surface area (Å²) in [6.45, 7) is 1.44. The number of Topliss-reactive ketones (excluding diaryl/α,β-unsaturated/α-hetero) is 2. The fraction of sp³-hybridized carbons (Fsp3) is 0.160. The van der Waals surface area contributed by atoms with Gasteiger partial charge in [0.1, 0.15) is 5.75 Å². The molecule has 0 saturated carbocycles. The number of rotatable bonds is 9. The molecule has 3 rings (SSSR count). The maximum Gasteiger partial charge on any atom is 0.345 e. The lowest BCUT2D eigenvalue weighted by Gasteiger charge is -2.17. The van der Waals surface area contributed by atoms with E-state index in [0.717, 1.165) is 0 Å². The van der Waals surface area contributed by atoms with Crippen molar-refractivity contribution in [2.45, 2.75) is 19.4 Å². The van der Waals surface area contributed by atoms with Gasteiger partial charge in [0.25, 0.3) is 0 Å². The van der Waals surface area contributed by atoms with Crippen LogP contribution in [0, 0.1) is 0 Å². The van der Waals surface area contributed by atoms with E-state index in [-0.39, 0.29) is 18.2 Å². The second-order valence-electron chi connectivity index (χ2n) is 6.60. The summed E-state index contributed by atoms with van der Waals surface area (Å²) in [6.07, 6.45) is -0.641. The van der Waals surface area contributed by atoms with Crippen LogP contribution in [0.1, 0.15) is 45.7 Å². The molecule has 0 aromatic heterocycles. The van der Waals surface area contributed by atoms with Crippen molar-refractivity contribution in [1.82, 2.24) is 0 Å². The zero-order chi connectivity index (χ0) is 21.3. The fourth-order valence-corrected chi connectivity index (χ4v) is 2.90. The predicted octanol–water partition coefficient (Wildman–Crippen LogP) is 4.83. The third kappa shape index (κ3) is 5.41. The van der Waals surface area contributed by atoms with Crippen molar-refractivity contribution >= 4 is 17.5 Å². The Labute approximate surface area is 175 Å². The van der Waals surface area contributed by atoms with E-state index < -0.39 is 12.1 Å². The van der Waals surface area contributed by atoms with Crippen LogP contribution in [-0.2, 0) is 9.53 Å². The number of hydrogen-bond acceptors (Lipinski definition) is 5. The summed E-state index contributed by atoms with van der Waals surface area (Å²) in [5.74, 6) is -0.504. The lowest BCUT2D eigenvalue weighted by molar-refractivity contribution is -0.149. The Morgan fingerprint density at radius 2 is 1.37 bits per heavy atom. The van der Waals surface area contributed by atoms with Crippen LogP contribution >= 0.6 is 0 Å². The maximum atomic E-state index is 12.9. The molecule has 0 N–H and O–H groups in total. The van der Waals surface area contributed by atoms with Crippen LogP contribution in [0.3, 0.4) is 0 Å². The number of ether oxygens (including phenoxy) is 2.